The average Bonchev–Trinajstić information content (AvgIpc) is 2.98. The Morgan fingerprint density at radius 3 is 2.67 bits per heavy atom. The van der Waals surface area contributed by atoms with Crippen molar-refractivity contribution in [2.24, 2.45) is 17.1 Å². The van der Waals surface area contributed by atoms with Crippen LogP contribution in [0.4, 0.5) is 0 Å². The molecule has 2 aromatic rings. The minimum atomic E-state index is -2.26. The van der Waals surface area contributed by atoms with E-state index in [4.69, 9.17) is 10.3 Å². The minimum absolute atomic E-state index is 0.0416. The van der Waals surface area contributed by atoms with E-state index in [0.717, 1.165) is 29.7 Å². The Balaban J connectivity index is 1.61. The van der Waals surface area contributed by atoms with E-state index in [0.29, 0.717) is 24.3 Å². The fourth-order valence-corrected chi connectivity index (χ4v) is 7.79. The van der Waals surface area contributed by atoms with Crippen molar-refractivity contribution >= 4 is 40.1 Å². The van der Waals surface area contributed by atoms with Crippen molar-refractivity contribution in [3.63, 3.8) is 0 Å². The molecular formula is C30H30IN5O7. The maximum absolute atomic E-state index is 14.1. The molecule has 0 heterocycles. The summed E-state index contributed by atoms with van der Waals surface area (Å²) in [4.78, 5) is 42.6. The zero-order valence-electron chi connectivity index (χ0n) is 23.5. The van der Waals surface area contributed by atoms with Crippen molar-refractivity contribution in [3.05, 3.63) is 78.0 Å². The standard InChI is InChI=1S/C30H30IN5O7/c1-3-8-33-13-14-4-7-22(43-2)18(9-14)17-5-6-20(37)24-19(17)11-15-10-16-12-21(38)25(29(41)34-36-35-32)28(40)30(16,42)27(31)23(15)26(24)39/h4-7,9,15-16,33,37-38,42H,3,8,10-13H2,1-2H3,(H,34,41)/t15-,16+,30+/m1/s1. The molecule has 12 nitrogen and oxygen atoms in total. The smallest absolute Gasteiger partial charge is 0.349 e. The molecule has 0 aliphatic heterocycles. The molecule has 0 bridgehead atoms. The highest BCUT2D eigenvalue weighted by Gasteiger charge is 2.59. The number of phenols is 1. The van der Waals surface area contributed by atoms with Crippen molar-refractivity contribution in [2.45, 2.75) is 44.8 Å². The van der Waals surface area contributed by atoms with E-state index in [1.807, 2.05) is 23.6 Å². The minimum Gasteiger partial charge on any atom is -0.511 e. The lowest BCUT2D eigenvalue weighted by Gasteiger charge is -2.46. The van der Waals surface area contributed by atoms with Crippen LogP contribution in [0, 0.1) is 11.8 Å². The molecule has 0 radical (unpaired) electrons. The van der Waals surface area contributed by atoms with Gasteiger partial charge in [0.15, 0.2) is 11.4 Å². The van der Waals surface area contributed by atoms with E-state index in [-0.39, 0.29) is 33.3 Å². The van der Waals surface area contributed by atoms with E-state index in [1.165, 1.54) is 6.07 Å². The monoisotopic (exact) mass is 699 g/mol. The second-order valence-electron chi connectivity index (χ2n) is 10.8. The molecular weight excluding hydrogens is 669 g/mol. The lowest BCUT2D eigenvalue weighted by molar-refractivity contribution is -0.139. The number of allylic oxidation sites excluding steroid dienone is 2. The Bertz CT molecular complexity index is 1660. The number of carbonyl (C=O) groups excluding carboxylic acids is 3. The first-order valence-corrected chi connectivity index (χ1v) is 14.9. The molecule has 43 heavy (non-hydrogen) atoms. The number of methoxy groups -OCH3 is 1. The summed E-state index contributed by atoms with van der Waals surface area (Å²) < 4.78 is 5.71. The predicted octanol–water partition coefficient (Wildman–Crippen LogP) is 4.49. The summed E-state index contributed by atoms with van der Waals surface area (Å²) in [6.07, 6.45) is 1.28. The second kappa shape index (κ2) is 12.0. The van der Waals surface area contributed by atoms with Crippen LogP contribution in [0.15, 0.2) is 56.0 Å². The fraction of sp³-hybridized carbons (Fsp3) is 0.367. The number of nitrogens with one attached hydrogen (secondary N) is 2. The first-order chi connectivity index (χ1) is 20.6. The molecule has 0 saturated carbocycles. The van der Waals surface area contributed by atoms with Crippen LogP contribution in [0.3, 0.4) is 0 Å². The molecule has 5 N–H and O–H groups in total. The van der Waals surface area contributed by atoms with E-state index in [9.17, 15) is 29.7 Å². The molecule has 1 amide bonds. The van der Waals surface area contributed by atoms with Gasteiger partial charge in [-0.2, -0.15) is 10.3 Å². The third kappa shape index (κ3) is 5.05. The Morgan fingerprint density at radius 2 is 1.98 bits per heavy atom. The molecule has 5 rings (SSSR count). The van der Waals surface area contributed by atoms with Gasteiger partial charge >= 0.3 is 5.91 Å². The van der Waals surface area contributed by atoms with E-state index < -0.39 is 46.2 Å². The molecule has 0 aromatic heterocycles. The van der Waals surface area contributed by atoms with Gasteiger partial charge in [-0.3, -0.25) is 9.59 Å². The lowest BCUT2D eigenvalue weighted by atomic mass is 9.61. The number of aromatic hydroxyl groups is 1. The third-order valence-corrected chi connectivity index (χ3v) is 9.79. The summed E-state index contributed by atoms with van der Waals surface area (Å²) in [5, 5.41) is 39.7. The van der Waals surface area contributed by atoms with Gasteiger partial charge in [0.1, 0.15) is 22.8 Å². The molecule has 0 spiro atoms. The highest BCUT2D eigenvalue weighted by atomic mass is 127. The van der Waals surface area contributed by atoms with Gasteiger partial charge in [-0.05, 0) is 94.4 Å². The number of azide groups is 1. The maximum Gasteiger partial charge on any atom is 0.349 e. The van der Waals surface area contributed by atoms with E-state index >= 15 is 0 Å². The number of rotatable bonds is 8. The summed E-state index contributed by atoms with van der Waals surface area (Å²) in [5.74, 6) is -4.18. The number of halogens is 1. The quantitative estimate of drug-likeness (QED) is 0.0506. The SMILES string of the molecule is CCCNCc1ccc(OC)c(-c2ccc(O)c3c2C[C@H]2C[C@H]4CC(O)=C(C(=O)NN=[N+]=[N-])C(=O)[C@@]4(O)C(I)=C2C3=O)c1. The number of amides is 1. The van der Waals surface area contributed by atoms with Crippen LogP contribution in [-0.4, -0.2) is 52.0 Å². The summed E-state index contributed by atoms with van der Waals surface area (Å²) in [7, 11) is 1.57. The summed E-state index contributed by atoms with van der Waals surface area (Å²) in [6, 6.07) is 9.05. The van der Waals surface area contributed by atoms with Crippen LogP contribution >= 0.6 is 22.6 Å². The number of fused-ring (bicyclic) bond motifs is 3. The van der Waals surface area contributed by atoms with Crippen LogP contribution in [0.1, 0.15) is 47.7 Å². The molecule has 0 unspecified atom stereocenters. The number of aliphatic hydroxyl groups is 2. The highest BCUT2D eigenvalue weighted by molar-refractivity contribution is 14.1. The number of benzene rings is 2. The fourth-order valence-electron chi connectivity index (χ4n) is 6.42. The van der Waals surface area contributed by atoms with Gasteiger partial charge in [-0.1, -0.05) is 19.1 Å². The van der Waals surface area contributed by atoms with Crippen molar-refractivity contribution < 1.29 is 34.4 Å². The molecule has 3 atom stereocenters. The highest BCUT2D eigenvalue weighted by Crippen LogP contribution is 2.55. The number of ether oxygens (including phenoxy) is 1. The Morgan fingerprint density at radius 1 is 1.21 bits per heavy atom. The van der Waals surface area contributed by atoms with Gasteiger partial charge in [-0.15, -0.1) is 5.53 Å². The summed E-state index contributed by atoms with van der Waals surface area (Å²) in [6.45, 7) is 3.59. The summed E-state index contributed by atoms with van der Waals surface area (Å²) in [5.41, 5.74) is 10.8. The number of hydrogen-bond acceptors (Lipinski definition) is 9. The van der Waals surface area contributed by atoms with Gasteiger partial charge in [0, 0.05) is 33.6 Å². The van der Waals surface area contributed by atoms with Gasteiger partial charge in [0.2, 0.25) is 5.78 Å². The van der Waals surface area contributed by atoms with Gasteiger partial charge in [0.05, 0.1) is 12.7 Å². The number of carbonyl (C=O) groups is 3. The largest absolute Gasteiger partial charge is 0.511 e. The predicted molar refractivity (Wildman–Crippen MR) is 164 cm³/mol. The average molecular weight is 700 g/mol. The Hall–Kier alpha value is -3.91. The number of aliphatic hydroxyl groups excluding tert-OH is 1. The van der Waals surface area contributed by atoms with Crippen LogP contribution in [-0.2, 0) is 22.6 Å². The van der Waals surface area contributed by atoms with Crippen molar-refractivity contribution in [3.8, 4) is 22.6 Å². The first kappa shape index (κ1) is 30.5. The van der Waals surface area contributed by atoms with Crippen LogP contribution < -0.4 is 15.5 Å². The Labute approximate surface area is 260 Å². The number of hydrogen-bond donors (Lipinski definition) is 5. The lowest BCUT2D eigenvalue weighted by Crippen LogP contribution is -2.56. The molecule has 0 fully saturated rings. The third-order valence-electron chi connectivity index (χ3n) is 8.39. The number of nitrogens with zero attached hydrogens (tertiary/aromatic N) is 3. The van der Waals surface area contributed by atoms with Crippen molar-refractivity contribution in [1.82, 2.24) is 10.7 Å². The van der Waals surface area contributed by atoms with Crippen LogP contribution in [0.2, 0.25) is 0 Å². The Kier molecular flexibility index (Phi) is 8.52. The van der Waals surface area contributed by atoms with E-state index in [2.05, 4.69) is 22.4 Å². The van der Waals surface area contributed by atoms with Crippen molar-refractivity contribution in [1.29, 1.82) is 0 Å². The van der Waals surface area contributed by atoms with Gasteiger partial charge in [0.25, 0.3) is 0 Å². The first-order valence-electron chi connectivity index (χ1n) is 13.8. The number of ketones is 2. The molecule has 224 valence electrons. The summed E-state index contributed by atoms with van der Waals surface area (Å²) >= 11 is 1.77. The normalized spacial score (nSPS) is 22.8. The van der Waals surface area contributed by atoms with Crippen LogP contribution in [0.25, 0.3) is 21.6 Å². The maximum atomic E-state index is 14.1. The van der Waals surface area contributed by atoms with Gasteiger partial charge < -0.3 is 25.4 Å². The molecule has 3 aliphatic rings. The number of phenolic OH excluding ortho intramolecular Hbond substituents is 1. The van der Waals surface area contributed by atoms with E-state index in [1.54, 1.807) is 35.8 Å². The topological polar surface area (TPSA) is 194 Å². The second-order valence-corrected chi connectivity index (χ2v) is 11.9. The van der Waals surface area contributed by atoms with Gasteiger partial charge in [-0.25, -0.2) is 4.79 Å². The zero-order valence-corrected chi connectivity index (χ0v) is 25.6. The van der Waals surface area contributed by atoms with Crippen molar-refractivity contribution in [2.75, 3.05) is 13.7 Å². The molecule has 3 aliphatic carbocycles. The molecule has 0 saturated heterocycles. The zero-order chi connectivity index (χ0) is 31.1. The molecule has 2 aromatic carbocycles. The molecule has 13 heteroatoms. The van der Waals surface area contributed by atoms with Crippen LogP contribution in [0.5, 0.6) is 11.5 Å². The number of Topliss-reactive ketones (excluding diaryl/α,β-unsaturated/α-hetero) is 2.